The summed E-state index contributed by atoms with van der Waals surface area (Å²) in [7, 11) is -2.87. The quantitative estimate of drug-likeness (QED) is 0.600. The molecule has 0 bridgehead atoms. The zero-order valence-corrected chi connectivity index (χ0v) is 8.63. The van der Waals surface area contributed by atoms with E-state index in [1.165, 1.54) is 0 Å². The van der Waals surface area contributed by atoms with Crippen LogP contribution in [0.4, 0.5) is 0 Å². The molecule has 0 aliphatic heterocycles. The van der Waals surface area contributed by atoms with E-state index in [1.807, 2.05) is 36.4 Å². The first-order chi connectivity index (χ1) is 7.11. The van der Waals surface area contributed by atoms with Crippen LogP contribution in [0.5, 0.6) is 5.75 Å². The lowest BCUT2D eigenvalue weighted by atomic mass is 10.1. The van der Waals surface area contributed by atoms with Gasteiger partial charge < -0.3 is 5.11 Å². The maximum atomic E-state index is 9.37. The highest BCUT2D eigenvalue weighted by Gasteiger charge is 1.94. The van der Waals surface area contributed by atoms with E-state index in [0.717, 1.165) is 10.8 Å². The fourth-order valence-electron chi connectivity index (χ4n) is 1.21. The van der Waals surface area contributed by atoms with Crippen molar-refractivity contribution in [2.24, 2.45) is 0 Å². The van der Waals surface area contributed by atoms with Crippen LogP contribution in [0.3, 0.4) is 0 Å². The third kappa shape index (κ3) is 3.64. The molecule has 2 rings (SSSR count). The second-order valence-electron chi connectivity index (χ2n) is 2.75. The normalized spacial score (nSPS) is 9.20. The summed E-state index contributed by atoms with van der Waals surface area (Å²) < 4.78 is 8.70. The maximum Gasteiger partial charge on any atom is 0.692 e. The highest BCUT2D eigenvalue weighted by atomic mass is 31.1. The van der Waals surface area contributed by atoms with Crippen LogP contribution in [-0.4, -0.2) is 14.9 Å². The van der Waals surface area contributed by atoms with E-state index < -0.39 is 8.25 Å². The summed E-state index contributed by atoms with van der Waals surface area (Å²) in [5.41, 5.74) is 0. The van der Waals surface area contributed by atoms with Crippen LogP contribution >= 0.6 is 8.25 Å². The van der Waals surface area contributed by atoms with Crippen LogP contribution in [0.2, 0.25) is 0 Å². The first-order valence-corrected chi connectivity index (χ1v) is 5.29. The van der Waals surface area contributed by atoms with Crippen molar-refractivity contribution in [3.8, 4) is 5.75 Å². The summed E-state index contributed by atoms with van der Waals surface area (Å²) in [5.74, 6) is 0.350. The average Bonchev–Trinajstić information content (AvgIpc) is 2.18. The molecular weight excluding hydrogens is 215 g/mol. The second kappa shape index (κ2) is 5.41. The van der Waals surface area contributed by atoms with Gasteiger partial charge in [-0.05, 0) is 11.5 Å². The molecule has 5 heteroatoms. The number of hydrogen-bond donors (Lipinski definition) is 3. The number of rotatable bonds is 0. The fourth-order valence-corrected chi connectivity index (χ4v) is 1.21. The Morgan fingerprint density at radius 2 is 1.47 bits per heavy atom. The van der Waals surface area contributed by atoms with Crippen molar-refractivity contribution in [2.75, 3.05) is 0 Å². The van der Waals surface area contributed by atoms with Crippen LogP contribution in [-0.2, 0) is 4.57 Å². The van der Waals surface area contributed by atoms with E-state index in [9.17, 15) is 5.11 Å². The summed E-state index contributed by atoms with van der Waals surface area (Å²) in [6.07, 6.45) is 0. The van der Waals surface area contributed by atoms with E-state index in [0.29, 0.717) is 5.75 Å². The number of phenols is 1. The third-order valence-corrected chi connectivity index (χ3v) is 1.77. The van der Waals surface area contributed by atoms with E-state index in [2.05, 4.69) is 0 Å². The molecule has 0 aliphatic rings. The first-order valence-electron chi connectivity index (χ1n) is 4.13. The SMILES string of the molecule is O=[P+](O)O.Oc1cccc2ccccc12. The molecule has 15 heavy (non-hydrogen) atoms. The Morgan fingerprint density at radius 3 is 2.07 bits per heavy atom. The number of aromatic hydroxyl groups is 1. The highest BCUT2D eigenvalue weighted by molar-refractivity contribution is 7.30. The molecular formula is C10H10O4P+. The number of hydrogen-bond acceptors (Lipinski definition) is 2. The third-order valence-electron chi connectivity index (χ3n) is 1.77. The Bertz CT molecular complexity index is 460. The van der Waals surface area contributed by atoms with Gasteiger partial charge in [0.05, 0.1) is 0 Å². The van der Waals surface area contributed by atoms with E-state index in [1.54, 1.807) is 6.07 Å². The predicted octanol–water partition coefficient (Wildman–Crippen LogP) is 2.17. The maximum absolute atomic E-state index is 9.37. The van der Waals surface area contributed by atoms with Gasteiger partial charge in [-0.3, -0.25) is 0 Å². The average molecular weight is 225 g/mol. The molecule has 78 valence electrons. The van der Waals surface area contributed by atoms with Gasteiger partial charge in [-0.2, -0.15) is 0 Å². The van der Waals surface area contributed by atoms with Crippen LogP contribution < -0.4 is 0 Å². The molecule has 0 atom stereocenters. The van der Waals surface area contributed by atoms with Crippen LogP contribution in [0.15, 0.2) is 42.5 Å². The van der Waals surface area contributed by atoms with Gasteiger partial charge in [0.2, 0.25) is 0 Å². The molecule has 0 aliphatic carbocycles. The second-order valence-corrected chi connectivity index (χ2v) is 3.26. The molecule has 0 aromatic heterocycles. The van der Waals surface area contributed by atoms with Crippen LogP contribution in [0.25, 0.3) is 10.8 Å². The monoisotopic (exact) mass is 225 g/mol. The first kappa shape index (κ1) is 11.6. The largest absolute Gasteiger partial charge is 0.692 e. The van der Waals surface area contributed by atoms with Gasteiger partial charge in [0.25, 0.3) is 0 Å². The van der Waals surface area contributed by atoms with Crippen molar-refractivity contribution >= 4 is 19.0 Å². The molecule has 2 aromatic carbocycles. The number of fused-ring (bicyclic) bond motifs is 1. The van der Waals surface area contributed by atoms with Crippen molar-refractivity contribution in [2.45, 2.75) is 0 Å². The van der Waals surface area contributed by atoms with E-state index >= 15 is 0 Å². The summed E-state index contributed by atoms with van der Waals surface area (Å²) in [4.78, 5) is 14.2. The van der Waals surface area contributed by atoms with Gasteiger partial charge in [-0.25, -0.2) is 0 Å². The molecule has 0 spiro atoms. The Hall–Kier alpha value is -1.48. The molecule has 4 nitrogen and oxygen atoms in total. The minimum Gasteiger partial charge on any atom is -0.507 e. The zero-order chi connectivity index (χ0) is 11.3. The van der Waals surface area contributed by atoms with Crippen LogP contribution in [0, 0.1) is 0 Å². The van der Waals surface area contributed by atoms with Crippen molar-refractivity contribution < 1.29 is 19.5 Å². The lowest BCUT2D eigenvalue weighted by Crippen LogP contribution is -1.70. The van der Waals surface area contributed by atoms with Gasteiger partial charge in [0, 0.05) is 9.95 Å². The van der Waals surface area contributed by atoms with Gasteiger partial charge in [-0.1, -0.05) is 36.4 Å². The van der Waals surface area contributed by atoms with Gasteiger partial charge in [0.15, 0.2) is 0 Å². The van der Waals surface area contributed by atoms with Gasteiger partial charge in [0.1, 0.15) is 5.75 Å². The molecule has 3 N–H and O–H groups in total. The minimum absolute atomic E-state index is 0.350. The molecule has 0 saturated carbocycles. The fraction of sp³-hybridized carbons (Fsp3) is 0. The van der Waals surface area contributed by atoms with Crippen molar-refractivity contribution in [1.82, 2.24) is 0 Å². The summed E-state index contributed by atoms with van der Waals surface area (Å²) >= 11 is 0. The lowest BCUT2D eigenvalue weighted by molar-refractivity contribution is 0.405. The highest BCUT2D eigenvalue weighted by Crippen LogP contribution is 2.22. The summed E-state index contributed by atoms with van der Waals surface area (Å²) in [6, 6.07) is 13.3. The van der Waals surface area contributed by atoms with Crippen molar-refractivity contribution in [3.63, 3.8) is 0 Å². The Balaban J connectivity index is 0.000000245. The molecule has 0 radical (unpaired) electrons. The summed E-state index contributed by atoms with van der Waals surface area (Å²) in [6.45, 7) is 0. The molecule has 0 unspecified atom stereocenters. The van der Waals surface area contributed by atoms with Crippen LogP contribution in [0.1, 0.15) is 0 Å². The van der Waals surface area contributed by atoms with Gasteiger partial charge >= 0.3 is 8.25 Å². The smallest absolute Gasteiger partial charge is 0.507 e. The Labute approximate surface area is 87.4 Å². The molecule has 0 heterocycles. The Morgan fingerprint density at radius 1 is 0.933 bits per heavy atom. The van der Waals surface area contributed by atoms with E-state index in [4.69, 9.17) is 14.4 Å². The summed E-state index contributed by atoms with van der Waals surface area (Å²) in [5, 5.41) is 11.4. The number of benzene rings is 2. The van der Waals surface area contributed by atoms with Crippen molar-refractivity contribution in [3.05, 3.63) is 42.5 Å². The lowest BCUT2D eigenvalue weighted by Gasteiger charge is -1.97. The molecule has 0 fully saturated rings. The molecule has 0 amide bonds. The number of phenolic OH excluding ortho intramolecular Hbond substituents is 1. The topological polar surface area (TPSA) is 77.8 Å². The van der Waals surface area contributed by atoms with Gasteiger partial charge in [-0.15, -0.1) is 9.79 Å². The predicted molar refractivity (Wildman–Crippen MR) is 57.7 cm³/mol. The standard InChI is InChI=1S/C10H8O.HO3P/c11-10-7-3-5-8-4-1-2-6-9(8)10;1-4(2)3/h1-7,11H;(H-,1,2,3)/p+1. The Kier molecular flexibility index (Phi) is 4.18. The van der Waals surface area contributed by atoms with E-state index in [-0.39, 0.29) is 0 Å². The zero-order valence-electron chi connectivity index (χ0n) is 7.74. The molecule has 2 aromatic rings. The molecule has 0 saturated heterocycles. The van der Waals surface area contributed by atoms with Crippen molar-refractivity contribution in [1.29, 1.82) is 0 Å². The minimum atomic E-state index is -2.87.